The van der Waals surface area contributed by atoms with Crippen molar-refractivity contribution in [3.05, 3.63) is 60.5 Å². The molecule has 0 amide bonds. The first kappa shape index (κ1) is 19.5. The number of rotatable bonds is 5. The number of nitro benzene ring substituents is 1. The molecule has 28 heavy (non-hydrogen) atoms. The number of anilines is 1. The summed E-state index contributed by atoms with van der Waals surface area (Å²) in [5, 5.41) is 14.4. The van der Waals surface area contributed by atoms with E-state index in [1.807, 2.05) is 13.8 Å². The van der Waals surface area contributed by atoms with Crippen molar-refractivity contribution in [1.29, 1.82) is 0 Å². The highest BCUT2D eigenvalue weighted by Gasteiger charge is 2.22. The molecule has 0 saturated carbocycles. The van der Waals surface area contributed by atoms with Crippen LogP contribution < -0.4 is 10.9 Å². The van der Waals surface area contributed by atoms with E-state index in [4.69, 9.17) is 4.74 Å². The molecule has 1 aromatic carbocycles. The lowest BCUT2D eigenvalue weighted by molar-refractivity contribution is -0.384. The number of carbonyl (C=O) groups is 1. The monoisotopic (exact) mass is 402 g/mol. The zero-order valence-electron chi connectivity index (χ0n) is 15.7. The van der Waals surface area contributed by atoms with Crippen LogP contribution in [0.1, 0.15) is 39.7 Å². The Bertz CT molecular complexity index is 1150. The van der Waals surface area contributed by atoms with Gasteiger partial charge in [0.1, 0.15) is 10.5 Å². The van der Waals surface area contributed by atoms with Gasteiger partial charge in [-0.15, -0.1) is 11.3 Å². The lowest BCUT2D eigenvalue weighted by atomic mass is 10.1. The van der Waals surface area contributed by atoms with Gasteiger partial charge in [0.2, 0.25) is 0 Å². The van der Waals surface area contributed by atoms with E-state index in [-0.39, 0.29) is 28.3 Å². The number of esters is 1. The molecule has 3 aromatic rings. The second-order valence-corrected chi connectivity index (χ2v) is 7.40. The van der Waals surface area contributed by atoms with E-state index >= 15 is 0 Å². The van der Waals surface area contributed by atoms with Gasteiger partial charge in [0.15, 0.2) is 11.9 Å². The highest BCUT2D eigenvalue weighted by atomic mass is 32.1. The zero-order valence-corrected chi connectivity index (χ0v) is 16.5. The minimum Gasteiger partial charge on any atom is -0.451 e. The smallest absolute Gasteiger partial charge is 0.339 e. The predicted molar refractivity (Wildman–Crippen MR) is 106 cm³/mol. The first-order chi connectivity index (χ1) is 13.2. The molecule has 0 unspecified atom stereocenters. The Morgan fingerprint density at radius 3 is 2.75 bits per heavy atom. The normalized spacial score (nSPS) is 12.0. The van der Waals surface area contributed by atoms with Gasteiger partial charge in [0.05, 0.1) is 15.9 Å². The lowest BCUT2D eigenvalue weighted by Gasteiger charge is -2.13. The van der Waals surface area contributed by atoms with E-state index in [9.17, 15) is 19.7 Å². The van der Waals surface area contributed by atoms with E-state index in [1.165, 1.54) is 23.5 Å². The van der Waals surface area contributed by atoms with Crippen molar-refractivity contribution in [3.8, 4) is 0 Å². The standard InChI is InChI=1S/C18H18N4O5S/c1-8-10(3)28-17-14(8)16(23)20-15(21-17)9(2)27-18(24)11-5-6-12(19-4)13(7-11)22(25)26/h5-7,9,19H,1-4H3,(H,20,21,23)/t9-/m1/s1. The van der Waals surface area contributed by atoms with E-state index in [0.717, 1.165) is 16.5 Å². The second-order valence-electron chi connectivity index (χ2n) is 6.20. The Balaban J connectivity index is 1.89. The molecule has 0 saturated heterocycles. The zero-order chi connectivity index (χ0) is 20.6. The molecule has 0 aliphatic heterocycles. The first-order valence-electron chi connectivity index (χ1n) is 8.40. The quantitative estimate of drug-likeness (QED) is 0.380. The summed E-state index contributed by atoms with van der Waals surface area (Å²) < 4.78 is 5.36. The molecule has 0 spiro atoms. The van der Waals surface area contributed by atoms with Crippen LogP contribution in [-0.2, 0) is 4.74 Å². The van der Waals surface area contributed by atoms with Crippen molar-refractivity contribution in [2.45, 2.75) is 26.9 Å². The molecule has 2 N–H and O–H groups in total. The van der Waals surface area contributed by atoms with Crippen molar-refractivity contribution in [1.82, 2.24) is 9.97 Å². The summed E-state index contributed by atoms with van der Waals surface area (Å²) in [5.41, 5.74) is 0.668. The fourth-order valence-electron chi connectivity index (χ4n) is 2.77. The van der Waals surface area contributed by atoms with Crippen LogP contribution in [0.2, 0.25) is 0 Å². The molecule has 0 fully saturated rings. The summed E-state index contributed by atoms with van der Waals surface area (Å²) in [6.07, 6.45) is -0.838. The molecule has 3 rings (SSSR count). The number of hydrogen-bond acceptors (Lipinski definition) is 8. The van der Waals surface area contributed by atoms with Gasteiger partial charge in [-0.3, -0.25) is 14.9 Å². The third kappa shape index (κ3) is 3.46. The van der Waals surface area contributed by atoms with Crippen LogP contribution in [0.3, 0.4) is 0 Å². The number of carbonyl (C=O) groups excluding carboxylic acids is 1. The number of aromatic amines is 1. The number of H-pyrrole nitrogens is 1. The number of aryl methyl sites for hydroxylation is 2. The van der Waals surface area contributed by atoms with Crippen LogP contribution in [0.4, 0.5) is 11.4 Å². The fraction of sp³-hybridized carbons (Fsp3) is 0.278. The van der Waals surface area contributed by atoms with Crippen molar-refractivity contribution in [3.63, 3.8) is 0 Å². The van der Waals surface area contributed by atoms with Gasteiger partial charge in [-0.1, -0.05) is 0 Å². The Hall–Kier alpha value is -3.27. The summed E-state index contributed by atoms with van der Waals surface area (Å²) in [6.45, 7) is 5.34. The van der Waals surface area contributed by atoms with Crippen LogP contribution in [0.15, 0.2) is 23.0 Å². The topological polar surface area (TPSA) is 127 Å². The molecular weight excluding hydrogens is 384 g/mol. The molecule has 146 valence electrons. The van der Waals surface area contributed by atoms with Crippen molar-refractivity contribution >= 4 is 38.9 Å². The third-order valence-corrected chi connectivity index (χ3v) is 5.53. The number of aromatic nitrogens is 2. The first-order valence-corrected chi connectivity index (χ1v) is 9.21. The molecule has 0 aliphatic carbocycles. The van der Waals surface area contributed by atoms with Gasteiger partial charge >= 0.3 is 5.97 Å². The predicted octanol–water partition coefficient (Wildman–Crippen LogP) is 3.47. The van der Waals surface area contributed by atoms with Crippen molar-refractivity contribution in [2.75, 3.05) is 12.4 Å². The van der Waals surface area contributed by atoms with Crippen LogP contribution in [0.5, 0.6) is 0 Å². The average Bonchev–Trinajstić information content (AvgIpc) is 2.95. The molecule has 0 bridgehead atoms. The largest absolute Gasteiger partial charge is 0.451 e. The molecule has 0 radical (unpaired) electrons. The number of hydrogen-bond donors (Lipinski definition) is 2. The number of ether oxygens (including phenoxy) is 1. The summed E-state index contributed by atoms with van der Waals surface area (Å²) in [4.78, 5) is 44.0. The number of nitro groups is 1. The number of benzene rings is 1. The molecule has 0 aliphatic rings. The minimum atomic E-state index is -0.838. The van der Waals surface area contributed by atoms with Gasteiger partial charge in [-0.25, -0.2) is 9.78 Å². The lowest BCUT2D eigenvalue weighted by Crippen LogP contribution is -2.17. The molecular formula is C18H18N4O5S. The van der Waals surface area contributed by atoms with E-state index in [2.05, 4.69) is 15.3 Å². The van der Waals surface area contributed by atoms with E-state index in [0.29, 0.717) is 10.2 Å². The number of fused-ring (bicyclic) bond motifs is 1. The van der Waals surface area contributed by atoms with Gasteiger partial charge in [-0.05, 0) is 38.5 Å². The third-order valence-electron chi connectivity index (χ3n) is 4.43. The summed E-state index contributed by atoms with van der Waals surface area (Å²) in [7, 11) is 1.55. The Morgan fingerprint density at radius 1 is 1.39 bits per heavy atom. The summed E-state index contributed by atoms with van der Waals surface area (Å²) in [6, 6.07) is 4.01. The Labute approximate surface area is 163 Å². The van der Waals surface area contributed by atoms with Gasteiger partial charge < -0.3 is 15.0 Å². The number of thiophene rings is 1. The van der Waals surface area contributed by atoms with Crippen LogP contribution in [0, 0.1) is 24.0 Å². The highest BCUT2D eigenvalue weighted by Crippen LogP contribution is 2.28. The Kier molecular flexibility index (Phi) is 5.14. The highest BCUT2D eigenvalue weighted by molar-refractivity contribution is 7.18. The van der Waals surface area contributed by atoms with Gasteiger partial charge in [0, 0.05) is 18.0 Å². The van der Waals surface area contributed by atoms with E-state index in [1.54, 1.807) is 14.0 Å². The molecule has 2 aromatic heterocycles. The van der Waals surface area contributed by atoms with Gasteiger partial charge in [-0.2, -0.15) is 0 Å². The van der Waals surface area contributed by atoms with Crippen LogP contribution in [-0.4, -0.2) is 27.9 Å². The fourth-order valence-corrected chi connectivity index (χ4v) is 3.81. The maximum absolute atomic E-state index is 12.4. The average molecular weight is 402 g/mol. The maximum Gasteiger partial charge on any atom is 0.339 e. The number of nitrogens with zero attached hydrogens (tertiary/aromatic N) is 2. The van der Waals surface area contributed by atoms with E-state index < -0.39 is 17.0 Å². The molecule has 9 nitrogen and oxygen atoms in total. The summed E-state index contributed by atoms with van der Waals surface area (Å²) in [5.74, 6) is -0.534. The SMILES string of the molecule is CNc1ccc(C(=O)O[C@H](C)c2nc3sc(C)c(C)c3c(=O)[nH]2)cc1[N+](=O)[O-]. The molecule has 1 atom stereocenters. The number of nitrogens with one attached hydrogen (secondary N) is 2. The summed E-state index contributed by atoms with van der Waals surface area (Å²) >= 11 is 1.40. The maximum atomic E-state index is 12.4. The Morgan fingerprint density at radius 2 is 2.11 bits per heavy atom. The minimum absolute atomic E-state index is 0.0313. The van der Waals surface area contributed by atoms with Crippen LogP contribution >= 0.6 is 11.3 Å². The van der Waals surface area contributed by atoms with Crippen LogP contribution in [0.25, 0.3) is 10.2 Å². The van der Waals surface area contributed by atoms with Crippen molar-refractivity contribution < 1.29 is 14.5 Å². The molecule has 10 heteroatoms. The molecule has 2 heterocycles. The van der Waals surface area contributed by atoms with Crippen molar-refractivity contribution in [2.24, 2.45) is 0 Å². The van der Waals surface area contributed by atoms with Gasteiger partial charge in [0.25, 0.3) is 11.2 Å². The second kappa shape index (κ2) is 7.39.